The molecule has 0 aromatic heterocycles. The first-order valence-electron chi connectivity index (χ1n) is 8.63. The van der Waals surface area contributed by atoms with Gasteiger partial charge in [-0.05, 0) is 56.4 Å². The maximum atomic E-state index is 12.4. The predicted molar refractivity (Wildman–Crippen MR) is 91.9 cm³/mol. The van der Waals surface area contributed by atoms with Gasteiger partial charge in [-0.3, -0.25) is 9.59 Å². The Bertz CT molecular complexity index is 555. The van der Waals surface area contributed by atoms with Crippen LogP contribution >= 0.6 is 0 Å². The van der Waals surface area contributed by atoms with E-state index in [0.717, 1.165) is 31.1 Å². The standard InChI is InChI=1S/C20H30O3/c1-13(10-11-21)6-8-15-14(2)7-9-17-19(3,4)18(23)16(22)12-20(15,17)5/h7,10-11,15,17-18,23H,6,8-9,12H2,1-5H3/b13-10-/t15-,17-,18-,20+/m1/s1. The van der Waals surface area contributed by atoms with Crippen LogP contribution in [0.4, 0.5) is 0 Å². The largest absolute Gasteiger partial charge is 0.385 e. The molecule has 128 valence electrons. The van der Waals surface area contributed by atoms with Crippen LogP contribution in [0.25, 0.3) is 0 Å². The molecule has 3 heteroatoms. The summed E-state index contributed by atoms with van der Waals surface area (Å²) in [5.41, 5.74) is 1.93. The fraction of sp³-hybridized carbons (Fsp3) is 0.700. The minimum absolute atomic E-state index is 0.0198. The van der Waals surface area contributed by atoms with E-state index in [1.807, 2.05) is 20.8 Å². The number of Topliss-reactive ketones (excluding diaryl/α,β-unsaturated/α-hetero) is 1. The highest BCUT2D eigenvalue weighted by Crippen LogP contribution is 2.59. The average Bonchev–Trinajstić information content (AvgIpc) is 2.44. The second-order valence-corrected chi connectivity index (χ2v) is 8.35. The lowest BCUT2D eigenvalue weighted by Gasteiger charge is -2.57. The van der Waals surface area contributed by atoms with Crippen molar-refractivity contribution in [2.45, 2.75) is 66.4 Å². The summed E-state index contributed by atoms with van der Waals surface area (Å²) in [6.07, 6.45) is 7.10. The Morgan fingerprint density at radius 1 is 1.39 bits per heavy atom. The van der Waals surface area contributed by atoms with Crippen LogP contribution < -0.4 is 0 Å². The van der Waals surface area contributed by atoms with Gasteiger partial charge in [-0.25, -0.2) is 0 Å². The molecule has 2 aliphatic rings. The summed E-state index contributed by atoms with van der Waals surface area (Å²) in [6, 6.07) is 0. The first kappa shape index (κ1) is 18.1. The molecular weight excluding hydrogens is 288 g/mol. The number of aldehydes is 1. The summed E-state index contributed by atoms with van der Waals surface area (Å²) < 4.78 is 0. The molecule has 1 N–H and O–H groups in total. The molecular formula is C20H30O3. The van der Waals surface area contributed by atoms with Gasteiger partial charge in [-0.2, -0.15) is 0 Å². The molecule has 0 heterocycles. The van der Waals surface area contributed by atoms with Crippen LogP contribution in [-0.2, 0) is 9.59 Å². The number of fused-ring (bicyclic) bond motifs is 1. The summed E-state index contributed by atoms with van der Waals surface area (Å²) in [5.74, 6) is 0.604. The number of hydrogen-bond acceptors (Lipinski definition) is 3. The summed E-state index contributed by atoms with van der Waals surface area (Å²) >= 11 is 0. The van der Waals surface area contributed by atoms with E-state index < -0.39 is 11.5 Å². The Morgan fingerprint density at radius 2 is 2.04 bits per heavy atom. The van der Waals surface area contributed by atoms with Crippen molar-refractivity contribution in [2.75, 3.05) is 0 Å². The van der Waals surface area contributed by atoms with E-state index in [-0.39, 0.29) is 11.2 Å². The molecule has 0 aliphatic heterocycles. The number of carbonyl (C=O) groups is 2. The zero-order valence-electron chi connectivity index (χ0n) is 15.1. The average molecular weight is 318 g/mol. The number of allylic oxidation sites excluding steroid dienone is 4. The molecule has 0 unspecified atom stereocenters. The first-order chi connectivity index (χ1) is 10.6. The molecule has 3 nitrogen and oxygen atoms in total. The maximum absolute atomic E-state index is 12.4. The summed E-state index contributed by atoms with van der Waals surface area (Å²) in [6.45, 7) is 10.4. The molecule has 0 saturated heterocycles. The lowest BCUT2D eigenvalue weighted by atomic mass is 9.47. The molecule has 2 aliphatic carbocycles. The summed E-state index contributed by atoms with van der Waals surface area (Å²) in [4.78, 5) is 23.1. The van der Waals surface area contributed by atoms with E-state index in [2.05, 4.69) is 19.9 Å². The molecule has 1 fully saturated rings. The fourth-order valence-corrected chi connectivity index (χ4v) is 5.08. The van der Waals surface area contributed by atoms with E-state index in [1.54, 1.807) is 6.08 Å². The Balaban J connectivity index is 2.33. The topological polar surface area (TPSA) is 54.4 Å². The van der Waals surface area contributed by atoms with E-state index in [0.29, 0.717) is 18.3 Å². The number of hydrogen-bond donors (Lipinski definition) is 1. The van der Waals surface area contributed by atoms with Crippen LogP contribution in [0.1, 0.15) is 60.3 Å². The molecule has 0 spiro atoms. The molecule has 4 atom stereocenters. The highest BCUT2D eigenvalue weighted by molar-refractivity contribution is 5.85. The zero-order chi connectivity index (χ0) is 17.4. The normalized spacial score (nSPS) is 37.1. The van der Waals surface area contributed by atoms with Crippen LogP contribution in [0.5, 0.6) is 0 Å². The lowest BCUT2D eigenvalue weighted by Crippen LogP contribution is -2.58. The minimum Gasteiger partial charge on any atom is -0.385 e. The van der Waals surface area contributed by atoms with Crippen LogP contribution in [0.15, 0.2) is 23.3 Å². The smallest absolute Gasteiger partial charge is 0.162 e. The Morgan fingerprint density at radius 3 is 2.65 bits per heavy atom. The Hall–Kier alpha value is -1.22. The van der Waals surface area contributed by atoms with Gasteiger partial charge in [0.25, 0.3) is 0 Å². The van der Waals surface area contributed by atoms with Gasteiger partial charge in [0.15, 0.2) is 5.78 Å². The zero-order valence-corrected chi connectivity index (χ0v) is 15.1. The van der Waals surface area contributed by atoms with E-state index in [9.17, 15) is 14.7 Å². The Kier molecular flexibility index (Phi) is 5.00. The number of carbonyl (C=O) groups excluding carboxylic acids is 2. The molecule has 0 radical (unpaired) electrons. The van der Waals surface area contributed by atoms with Crippen molar-refractivity contribution in [3.63, 3.8) is 0 Å². The van der Waals surface area contributed by atoms with Crippen molar-refractivity contribution in [1.29, 1.82) is 0 Å². The molecule has 0 bridgehead atoms. The van der Waals surface area contributed by atoms with E-state index >= 15 is 0 Å². The van der Waals surface area contributed by atoms with Crippen molar-refractivity contribution < 1.29 is 14.7 Å². The number of rotatable bonds is 4. The quantitative estimate of drug-likeness (QED) is 0.486. The van der Waals surface area contributed by atoms with Gasteiger partial charge in [0.2, 0.25) is 0 Å². The van der Waals surface area contributed by atoms with Gasteiger partial charge in [0.05, 0.1) is 0 Å². The van der Waals surface area contributed by atoms with Gasteiger partial charge in [-0.15, -0.1) is 0 Å². The summed E-state index contributed by atoms with van der Waals surface area (Å²) in [7, 11) is 0. The van der Waals surface area contributed by atoms with Gasteiger partial charge >= 0.3 is 0 Å². The molecule has 0 aromatic carbocycles. The van der Waals surface area contributed by atoms with E-state index in [4.69, 9.17) is 0 Å². The molecule has 2 rings (SSSR count). The van der Waals surface area contributed by atoms with Gasteiger partial charge in [0, 0.05) is 11.8 Å². The van der Waals surface area contributed by atoms with Crippen molar-refractivity contribution in [3.8, 4) is 0 Å². The third-order valence-corrected chi connectivity index (χ3v) is 6.46. The van der Waals surface area contributed by atoms with Crippen LogP contribution in [0.3, 0.4) is 0 Å². The van der Waals surface area contributed by atoms with E-state index in [1.165, 1.54) is 5.57 Å². The van der Waals surface area contributed by atoms with Crippen LogP contribution in [0, 0.1) is 22.7 Å². The van der Waals surface area contributed by atoms with Crippen LogP contribution in [0.2, 0.25) is 0 Å². The molecule has 23 heavy (non-hydrogen) atoms. The minimum atomic E-state index is -0.857. The van der Waals surface area contributed by atoms with Crippen molar-refractivity contribution in [2.24, 2.45) is 22.7 Å². The van der Waals surface area contributed by atoms with Gasteiger partial charge in [-0.1, -0.05) is 38.0 Å². The second kappa shape index (κ2) is 6.35. The molecule has 0 amide bonds. The maximum Gasteiger partial charge on any atom is 0.162 e. The molecule has 0 aromatic rings. The molecule has 1 saturated carbocycles. The Labute approximate surface area is 139 Å². The monoisotopic (exact) mass is 318 g/mol. The van der Waals surface area contributed by atoms with Gasteiger partial charge < -0.3 is 5.11 Å². The van der Waals surface area contributed by atoms with Crippen molar-refractivity contribution >= 4 is 12.1 Å². The van der Waals surface area contributed by atoms with Crippen molar-refractivity contribution in [3.05, 3.63) is 23.3 Å². The number of aliphatic hydroxyl groups excluding tert-OH is 1. The second-order valence-electron chi connectivity index (χ2n) is 8.35. The summed E-state index contributed by atoms with van der Waals surface area (Å²) in [5, 5.41) is 10.4. The van der Waals surface area contributed by atoms with Gasteiger partial charge in [0.1, 0.15) is 12.4 Å². The fourth-order valence-electron chi connectivity index (χ4n) is 5.08. The third-order valence-electron chi connectivity index (χ3n) is 6.46. The first-order valence-corrected chi connectivity index (χ1v) is 8.63. The van der Waals surface area contributed by atoms with Crippen LogP contribution in [-0.4, -0.2) is 23.3 Å². The predicted octanol–water partition coefficient (Wildman–Crippen LogP) is 3.86. The number of aliphatic hydroxyl groups is 1. The lowest BCUT2D eigenvalue weighted by molar-refractivity contribution is -0.159. The van der Waals surface area contributed by atoms with Crippen molar-refractivity contribution in [1.82, 2.24) is 0 Å². The number of ketones is 1. The third kappa shape index (κ3) is 3.08. The highest BCUT2D eigenvalue weighted by Gasteiger charge is 2.57. The highest BCUT2D eigenvalue weighted by atomic mass is 16.3. The SMILES string of the molecule is CC1=CC[C@@H]2C(C)(C)[C@H](O)C(=O)C[C@@]2(C)[C@@H]1CC/C(C)=C\C=O.